The van der Waals surface area contributed by atoms with Gasteiger partial charge in [-0.2, -0.15) is 4.98 Å². The lowest BCUT2D eigenvalue weighted by molar-refractivity contribution is -0.132. The van der Waals surface area contributed by atoms with E-state index in [-0.39, 0.29) is 11.9 Å². The number of amides is 1. The summed E-state index contributed by atoms with van der Waals surface area (Å²) in [5.41, 5.74) is 16.4. The summed E-state index contributed by atoms with van der Waals surface area (Å²) in [6, 6.07) is 11.5. The molecule has 0 saturated carbocycles. The third-order valence-electron chi connectivity index (χ3n) is 5.57. The van der Waals surface area contributed by atoms with E-state index in [4.69, 9.17) is 20.9 Å². The molecule has 1 saturated heterocycles. The zero-order chi connectivity index (χ0) is 21.5. The van der Waals surface area contributed by atoms with Crippen LogP contribution in [0.15, 0.2) is 47.0 Å². The summed E-state index contributed by atoms with van der Waals surface area (Å²) in [5, 5.41) is 0. The van der Waals surface area contributed by atoms with E-state index in [9.17, 15) is 4.79 Å². The van der Waals surface area contributed by atoms with Crippen LogP contribution >= 0.6 is 0 Å². The van der Waals surface area contributed by atoms with E-state index in [0.29, 0.717) is 37.3 Å². The van der Waals surface area contributed by atoms with Crippen molar-refractivity contribution in [3.63, 3.8) is 0 Å². The van der Waals surface area contributed by atoms with Crippen LogP contribution in [0.5, 0.6) is 0 Å². The van der Waals surface area contributed by atoms with Crippen LogP contribution in [0.1, 0.15) is 6.92 Å². The second kappa shape index (κ2) is 7.51. The molecule has 4 aromatic rings. The maximum absolute atomic E-state index is 12.1. The molecule has 0 spiro atoms. The third kappa shape index (κ3) is 3.64. The summed E-state index contributed by atoms with van der Waals surface area (Å²) in [6.07, 6.45) is 1.79. The van der Waals surface area contributed by atoms with Crippen molar-refractivity contribution in [3.8, 4) is 11.1 Å². The Labute approximate surface area is 178 Å². The van der Waals surface area contributed by atoms with Gasteiger partial charge >= 0.3 is 0 Å². The monoisotopic (exact) mass is 417 g/mol. The smallest absolute Gasteiger partial charge is 0.292 e. The molecule has 1 unspecified atom stereocenters. The van der Waals surface area contributed by atoms with Crippen molar-refractivity contribution < 1.29 is 9.21 Å². The van der Waals surface area contributed by atoms with Crippen molar-refractivity contribution >= 4 is 39.9 Å². The highest BCUT2D eigenvalue weighted by Crippen LogP contribution is 2.28. The number of benzene rings is 2. The number of aromatic nitrogens is 3. The molecule has 1 aliphatic rings. The van der Waals surface area contributed by atoms with Crippen LogP contribution in [-0.2, 0) is 4.79 Å². The molecular weight excluding hydrogens is 394 g/mol. The first kappa shape index (κ1) is 19.3. The van der Waals surface area contributed by atoms with E-state index in [1.807, 2.05) is 36.4 Å². The number of nitrogens with two attached hydrogens (primary N) is 2. The summed E-state index contributed by atoms with van der Waals surface area (Å²) < 4.78 is 5.35. The minimum atomic E-state index is -0.474. The fourth-order valence-electron chi connectivity index (χ4n) is 3.90. The number of oxazole rings is 1. The number of fused-ring (bicyclic) bond motifs is 2. The number of carbonyl (C=O) groups is 1. The number of nitrogen functional groups attached to an aromatic ring is 1. The summed E-state index contributed by atoms with van der Waals surface area (Å²) in [4.78, 5) is 29.7. The Morgan fingerprint density at radius 1 is 1.00 bits per heavy atom. The fourth-order valence-corrected chi connectivity index (χ4v) is 3.90. The number of carbonyl (C=O) groups excluding carboxylic acids is 1. The molecule has 0 bridgehead atoms. The maximum Gasteiger partial charge on any atom is 0.292 e. The molecule has 0 radical (unpaired) electrons. The van der Waals surface area contributed by atoms with Gasteiger partial charge in [0.2, 0.25) is 5.91 Å². The lowest BCUT2D eigenvalue weighted by Crippen LogP contribution is -2.52. The lowest BCUT2D eigenvalue weighted by Gasteiger charge is -2.36. The molecule has 2 aromatic carbocycles. The Morgan fingerprint density at radius 2 is 1.71 bits per heavy atom. The van der Waals surface area contributed by atoms with Crippen molar-refractivity contribution in [2.75, 3.05) is 36.8 Å². The van der Waals surface area contributed by atoms with Gasteiger partial charge in [-0.15, -0.1) is 0 Å². The average molecular weight is 417 g/mol. The molecule has 4 N–H and O–H groups in total. The minimum absolute atomic E-state index is 0.0141. The second-order valence-corrected chi connectivity index (χ2v) is 7.77. The van der Waals surface area contributed by atoms with Gasteiger partial charge in [-0.1, -0.05) is 12.1 Å². The predicted molar refractivity (Wildman–Crippen MR) is 119 cm³/mol. The highest BCUT2D eigenvalue weighted by atomic mass is 16.4. The average Bonchev–Trinajstić information content (AvgIpc) is 3.17. The molecule has 1 aliphatic heterocycles. The van der Waals surface area contributed by atoms with Gasteiger partial charge in [0, 0.05) is 26.2 Å². The molecule has 1 amide bonds. The van der Waals surface area contributed by atoms with Crippen molar-refractivity contribution in [2.45, 2.75) is 13.0 Å². The Kier molecular flexibility index (Phi) is 4.67. The van der Waals surface area contributed by atoms with Gasteiger partial charge in [0.1, 0.15) is 11.3 Å². The largest absolute Gasteiger partial charge is 0.424 e. The molecule has 1 atom stereocenters. The first-order valence-corrected chi connectivity index (χ1v) is 10.2. The topological polar surface area (TPSA) is 127 Å². The van der Waals surface area contributed by atoms with Crippen LogP contribution in [0, 0.1) is 0 Å². The van der Waals surface area contributed by atoms with Crippen molar-refractivity contribution in [3.05, 3.63) is 42.6 Å². The van der Waals surface area contributed by atoms with Crippen LogP contribution in [-0.4, -0.2) is 58.0 Å². The number of hydrogen-bond donors (Lipinski definition) is 2. The van der Waals surface area contributed by atoms with Crippen molar-refractivity contribution in [1.82, 2.24) is 19.9 Å². The number of nitrogens with zero attached hydrogens (tertiary/aromatic N) is 5. The zero-order valence-corrected chi connectivity index (χ0v) is 17.2. The first-order chi connectivity index (χ1) is 15.0. The quantitative estimate of drug-likeness (QED) is 0.518. The SMILES string of the molecule is CC(N)C(=O)N1CCN(c2cnc3ccc(-c4ccc5oc(N)nc5c4)cc3n2)CC1. The summed E-state index contributed by atoms with van der Waals surface area (Å²) in [7, 11) is 0. The number of anilines is 2. The van der Waals surface area contributed by atoms with E-state index < -0.39 is 6.04 Å². The highest BCUT2D eigenvalue weighted by Gasteiger charge is 2.24. The zero-order valence-electron chi connectivity index (χ0n) is 17.2. The van der Waals surface area contributed by atoms with E-state index in [2.05, 4.69) is 14.9 Å². The molecule has 9 nitrogen and oxygen atoms in total. The molecular formula is C22H23N7O2. The van der Waals surface area contributed by atoms with Gasteiger partial charge in [-0.3, -0.25) is 9.78 Å². The van der Waals surface area contributed by atoms with Crippen LogP contribution in [0.4, 0.5) is 11.8 Å². The number of hydrogen-bond acceptors (Lipinski definition) is 8. The molecule has 1 fully saturated rings. The van der Waals surface area contributed by atoms with Gasteiger partial charge in [0.15, 0.2) is 5.58 Å². The third-order valence-corrected chi connectivity index (χ3v) is 5.57. The van der Waals surface area contributed by atoms with Gasteiger partial charge < -0.3 is 25.7 Å². The van der Waals surface area contributed by atoms with Gasteiger partial charge in [0.25, 0.3) is 6.01 Å². The van der Waals surface area contributed by atoms with E-state index in [1.54, 1.807) is 18.0 Å². The fraction of sp³-hybridized carbons (Fsp3) is 0.273. The van der Waals surface area contributed by atoms with Crippen molar-refractivity contribution in [1.29, 1.82) is 0 Å². The molecule has 31 heavy (non-hydrogen) atoms. The molecule has 5 rings (SSSR count). The summed E-state index contributed by atoms with van der Waals surface area (Å²) in [5.74, 6) is 0.789. The normalized spacial score (nSPS) is 15.5. The van der Waals surface area contributed by atoms with Gasteiger partial charge in [-0.25, -0.2) is 4.98 Å². The van der Waals surface area contributed by atoms with Crippen LogP contribution in [0.3, 0.4) is 0 Å². The van der Waals surface area contributed by atoms with Crippen LogP contribution in [0.25, 0.3) is 33.3 Å². The Hall–Kier alpha value is -3.72. The molecule has 158 valence electrons. The first-order valence-electron chi connectivity index (χ1n) is 10.2. The van der Waals surface area contributed by atoms with E-state index in [0.717, 1.165) is 28.0 Å². The standard InChI is InChI=1S/C22H23N7O2/c1-13(23)21(30)29-8-6-28(7-9-29)20-12-25-16-4-2-14(10-17(16)26-20)15-3-5-19-18(11-15)27-22(24)31-19/h2-5,10-13H,6-9,23H2,1H3,(H2,24,27). The molecule has 3 heterocycles. The Bertz CT molecular complexity index is 1280. The number of piperazine rings is 1. The van der Waals surface area contributed by atoms with Crippen LogP contribution < -0.4 is 16.4 Å². The Balaban J connectivity index is 1.41. The van der Waals surface area contributed by atoms with E-state index in [1.165, 1.54) is 0 Å². The number of rotatable bonds is 3. The van der Waals surface area contributed by atoms with Crippen molar-refractivity contribution in [2.24, 2.45) is 5.73 Å². The van der Waals surface area contributed by atoms with Crippen LogP contribution in [0.2, 0.25) is 0 Å². The Morgan fingerprint density at radius 3 is 2.45 bits per heavy atom. The predicted octanol–water partition coefficient (Wildman–Crippen LogP) is 2.02. The molecule has 2 aromatic heterocycles. The van der Waals surface area contributed by atoms with Gasteiger partial charge in [-0.05, 0) is 42.3 Å². The maximum atomic E-state index is 12.1. The highest BCUT2D eigenvalue weighted by molar-refractivity contribution is 5.86. The minimum Gasteiger partial charge on any atom is -0.424 e. The summed E-state index contributed by atoms with van der Waals surface area (Å²) in [6.45, 7) is 4.36. The summed E-state index contributed by atoms with van der Waals surface area (Å²) >= 11 is 0. The molecule has 0 aliphatic carbocycles. The van der Waals surface area contributed by atoms with E-state index >= 15 is 0 Å². The van der Waals surface area contributed by atoms with Gasteiger partial charge in [0.05, 0.1) is 23.3 Å². The second-order valence-electron chi connectivity index (χ2n) is 7.77. The lowest BCUT2D eigenvalue weighted by atomic mass is 10.0. The molecule has 9 heteroatoms.